The summed E-state index contributed by atoms with van der Waals surface area (Å²) in [5.74, 6) is -0.314. The molecule has 0 spiro atoms. The fourth-order valence-corrected chi connectivity index (χ4v) is 2.77. The number of aryl methyl sites for hydroxylation is 2. The van der Waals surface area contributed by atoms with Gasteiger partial charge in [0.25, 0.3) is 5.91 Å². The standard InChI is InChI=1S/C16H15N3O2S/c1-9-3-4-12(7-10(9)2)18-16(20)13-14(19-21-15(13)17)11-5-6-22-8-11/h3-8H,17H2,1-2H3,(H,18,20). The molecule has 2 heterocycles. The lowest BCUT2D eigenvalue weighted by Gasteiger charge is -2.07. The lowest BCUT2D eigenvalue weighted by atomic mass is 10.1. The van der Waals surface area contributed by atoms with E-state index in [0.717, 1.165) is 11.1 Å². The molecule has 0 fully saturated rings. The molecule has 22 heavy (non-hydrogen) atoms. The number of hydrogen-bond acceptors (Lipinski definition) is 5. The maximum absolute atomic E-state index is 12.5. The fourth-order valence-electron chi connectivity index (χ4n) is 2.13. The molecule has 3 N–H and O–H groups in total. The molecule has 0 aliphatic rings. The highest BCUT2D eigenvalue weighted by Gasteiger charge is 2.22. The van der Waals surface area contributed by atoms with Gasteiger partial charge in [-0.1, -0.05) is 11.2 Å². The quantitative estimate of drug-likeness (QED) is 0.769. The van der Waals surface area contributed by atoms with E-state index in [4.69, 9.17) is 10.3 Å². The van der Waals surface area contributed by atoms with Crippen molar-refractivity contribution in [1.29, 1.82) is 0 Å². The Morgan fingerprint density at radius 2 is 2.09 bits per heavy atom. The molecule has 6 heteroatoms. The van der Waals surface area contributed by atoms with Crippen molar-refractivity contribution in [1.82, 2.24) is 5.16 Å². The van der Waals surface area contributed by atoms with Crippen LogP contribution in [0.15, 0.2) is 39.5 Å². The molecule has 1 aromatic carbocycles. The number of rotatable bonds is 3. The number of nitrogens with two attached hydrogens (primary N) is 1. The third-order valence-corrected chi connectivity index (χ3v) is 4.19. The van der Waals surface area contributed by atoms with Crippen molar-refractivity contribution in [3.63, 3.8) is 0 Å². The Hall–Kier alpha value is -2.60. The van der Waals surface area contributed by atoms with Gasteiger partial charge in [-0.2, -0.15) is 11.3 Å². The number of amides is 1. The second-order valence-electron chi connectivity index (χ2n) is 5.04. The van der Waals surface area contributed by atoms with Crippen LogP contribution in [0, 0.1) is 13.8 Å². The maximum Gasteiger partial charge on any atom is 0.263 e. The third-order valence-electron chi connectivity index (χ3n) is 3.50. The summed E-state index contributed by atoms with van der Waals surface area (Å²) in [4.78, 5) is 12.5. The number of nitrogens with zero attached hydrogens (tertiary/aromatic N) is 1. The summed E-state index contributed by atoms with van der Waals surface area (Å²) in [7, 11) is 0. The molecule has 0 atom stereocenters. The van der Waals surface area contributed by atoms with Gasteiger partial charge in [0.2, 0.25) is 5.88 Å². The lowest BCUT2D eigenvalue weighted by molar-refractivity contribution is 0.102. The second kappa shape index (κ2) is 5.65. The van der Waals surface area contributed by atoms with Gasteiger partial charge in [0.05, 0.1) is 0 Å². The van der Waals surface area contributed by atoms with Crippen LogP contribution in [-0.4, -0.2) is 11.1 Å². The van der Waals surface area contributed by atoms with E-state index in [1.165, 1.54) is 16.9 Å². The number of thiophene rings is 1. The van der Waals surface area contributed by atoms with E-state index >= 15 is 0 Å². The van der Waals surface area contributed by atoms with Crippen molar-refractivity contribution in [2.75, 3.05) is 11.1 Å². The van der Waals surface area contributed by atoms with E-state index in [2.05, 4.69) is 10.5 Å². The molecular weight excluding hydrogens is 298 g/mol. The number of carbonyl (C=O) groups is 1. The minimum absolute atomic E-state index is 0.0162. The first-order chi connectivity index (χ1) is 10.6. The first-order valence-electron chi connectivity index (χ1n) is 6.72. The van der Waals surface area contributed by atoms with E-state index in [1.54, 1.807) is 0 Å². The Morgan fingerprint density at radius 3 is 2.77 bits per heavy atom. The first kappa shape index (κ1) is 14.3. The Bertz CT molecular complexity index is 822. The second-order valence-corrected chi connectivity index (χ2v) is 5.82. The SMILES string of the molecule is Cc1ccc(NC(=O)c2c(-c3ccsc3)noc2N)cc1C. The average molecular weight is 313 g/mol. The minimum atomic E-state index is -0.330. The van der Waals surface area contributed by atoms with Crippen molar-refractivity contribution < 1.29 is 9.32 Å². The van der Waals surface area contributed by atoms with Gasteiger partial charge in [0, 0.05) is 16.6 Å². The van der Waals surface area contributed by atoms with Crippen LogP contribution in [0.4, 0.5) is 11.6 Å². The van der Waals surface area contributed by atoms with Gasteiger partial charge >= 0.3 is 0 Å². The van der Waals surface area contributed by atoms with Gasteiger partial charge in [0.1, 0.15) is 11.3 Å². The van der Waals surface area contributed by atoms with Gasteiger partial charge in [-0.3, -0.25) is 4.79 Å². The predicted octanol–water partition coefficient (Wildman–Crippen LogP) is 3.85. The topological polar surface area (TPSA) is 81.2 Å². The zero-order valence-electron chi connectivity index (χ0n) is 12.2. The van der Waals surface area contributed by atoms with E-state index in [-0.39, 0.29) is 17.4 Å². The molecule has 0 saturated heterocycles. The van der Waals surface area contributed by atoms with Crippen LogP contribution in [0.5, 0.6) is 0 Å². The van der Waals surface area contributed by atoms with E-state index < -0.39 is 0 Å². The van der Waals surface area contributed by atoms with Crippen molar-refractivity contribution in [2.24, 2.45) is 0 Å². The monoisotopic (exact) mass is 313 g/mol. The fraction of sp³-hybridized carbons (Fsp3) is 0.125. The zero-order valence-corrected chi connectivity index (χ0v) is 13.0. The van der Waals surface area contributed by atoms with Crippen LogP contribution in [0.1, 0.15) is 21.5 Å². The molecule has 1 amide bonds. The van der Waals surface area contributed by atoms with Gasteiger partial charge in [-0.15, -0.1) is 0 Å². The number of hydrogen-bond donors (Lipinski definition) is 2. The summed E-state index contributed by atoms with van der Waals surface area (Å²) in [6.07, 6.45) is 0. The molecule has 0 saturated carbocycles. The predicted molar refractivity (Wildman–Crippen MR) is 88.1 cm³/mol. The van der Waals surface area contributed by atoms with Crippen molar-refractivity contribution in [3.8, 4) is 11.3 Å². The van der Waals surface area contributed by atoms with E-state index in [9.17, 15) is 4.79 Å². The molecule has 0 unspecified atom stereocenters. The summed E-state index contributed by atoms with van der Waals surface area (Å²) in [6.45, 7) is 4.02. The largest absolute Gasteiger partial charge is 0.367 e. The van der Waals surface area contributed by atoms with Crippen LogP contribution in [-0.2, 0) is 0 Å². The number of carbonyl (C=O) groups excluding carboxylic acids is 1. The smallest absolute Gasteiger partial charge is 0.263 e. The molecule has 0 aliphatic carbocycles. The summed E-state index contributed by atoms with van der Waals surface area (Å²) in [5.41, 5.74) is 10.3. The number of anilines is 2. The molecule has 2 aromatic heterocycles. The third kappa shape index (κ3) is 2.60. The Labute approximate surface area is 131 Å². The van der Waals surface area contributed by atoms with Crippen LogP contribution < -0.4 is 11.1 Å². The molecular formula is C16H15N3O2S. The van der Waals surface area contributed by atoms with Gasteiger partial charge in [-0.05, 0) is 48.6 Å². The first-order valence-corrected chi connectivity index (χ1v) is 7.67. The van der Waals surface area contributed by atoms with Crippen LogP contribution in [0.2, 0.25) is 0 Å². The Kier molecular flexibility index (Phi) is 3.68. The van der Waals surface area contributed by atoms with E-state index in [0.29, 0.717) is 11.4 Å². The highest BCUT2D eigenvalue weighted by molar-refractivity contribution is 7.08. The van der Waals surface area contributed by atoms with Crippen LogP contribution in [0.25, 0.3) is 11.3 Å². The van der Waals surface area contributed by atoms with Crippen molar-refractivity contribution in [2.45, 2.75) is 13.8 Å². The minimum Gasteiger partial charge on any atom is -0.367 e. The number of benzene rings is 1. The summed E-state index contributed by atoms with van der Waals surface area (Å²) in [6, 6.07) is 7.60. The molecule has 0 aliphatic heterocycles. The normalized spacial score (nSPS) is 10.6. The number of aromatic nitrogens is 1. The van der Waals surface area contributed by atoms with Gasteiger partial charge in [0.15, 0.2) is 0 Å². The average Bonchev–Trinajstić information content (AvgIpc) is 3.11. The molecule has 3 aromatic rings. The Morgan fingerprint density at radius 1 is 1.27 bits per heavy atom. The van der Waals surface area contributed by atoms with Crippen LogP contribution >= 0.6 is 11.3 Å². The highest BCUT2D eigenvalue weighted by atomic mass is 32.1. The summed E-state index contributed by atoms with van der Waals surface area (Å²) in [5, 5.41) is 10.5. The zero-order chi connectivity index (χ0) is 15.7. The maximum atomic E-state index is 12.5. The highest BCUT2D eigenvalue weighted by Crippen LogP contribution is 2.29. The molecule has 0 bridgehead atoms. The molecule has 0 radical (unpaired) electrons. The molecule has 112 valence electrons. The number of nitrogen functional groups attached to an aromatic ring is 1. The molecule has 3 rings (SSSR count). The summed E-state index contributed by atoms with van der Waals surface area (Å²) < 4.78 is 4.99. The Balaban J connectivity index is 1.92. The van der Waals surface area contributed by atoms with Crippen molar-refractivity contribution in [3.05, 3.63) is 51.7 Å². The van der Waals surface area contributed by atoms with Gasteiger partial charge < -0.3 is 15.6 Å². The van der Waals surface area contributed by atoms with Crippen molar-refractivity contribution >= 4 is 28.8 Å². The summed E-state index contributed by atoms with van der Waals surface area (Å²) >= 11 is 1.52. The van der Waals surface area contributed by atoms with Crippen LogP contribution in [0.3, 0.4) is 0 Å². The number of nitrogens with one attached hydrogen (secondary N) is 1. The van der Waals surface area contributed by atoms with Gasteiger partial charge in [-0.25, -0.2) is 0 Å². The lowest BCUT2D eigenvalue weighted by Crippen LogP contribution is -2.14. The van der Waals surface area contributed by atoms with E-state index in [1.807, 2.05) is 48.9 Å². The molecule has 5 nitrogen and oxygen atoms in total.